The average Bonchev–Trinajstić information content (AvgIpc) is 3.22. The minimum Gasteiger partial charge on any atom is -0.466 e. The Morgan fingerprint density at radius 2 is 1.38 bits per heavy atom. The van der Waals surface area contributed by atoms with Crippen molar-refractivity contribution in [3.8, 4) is 0 Å². The summed E-state index contributed by atoms with van der Waals surface area (Å²) in [6.07, 6.45) is -10.1. The lowest BCUT2D eigenvalue weighted by Crippen LogP contribution is -2.69. The SMILES string of the molecule is COC(=O)/C1=C/[C@@H]2OC(=O)[C@H](C)[C@@]2(O)[C@H](OC(C)=O)[C@H]2[C@@H](C)[C@H](OC(C)=O)C[C@H](OC(C)=O)[C@]2(C)[C@H](OC(C)=O)C[C@H]1OC(=O)CC(C)OC(C)=O. The first kappa shape index (κ1) is 41.9. The van der Waals surface area contributed by atoms with Crippen molar-refractivity contribution in [3.63, 3.8) is 0 Å². The van der Waals surface area contributed by atoms with E-state index in [1.807, 2.05) is 0 Å². The summed E-state index contributed by atoms with van der Waals surface area (Å²) in [6, 6.07) is 0. The third-order valence-electron chi connectivity index (χ3n) is 10.1. The summed E-state index contributed by atoms with van der Waals surface area (Å²) in [7, 11) is 1.02. The predicted octanol–water partition coefficient (Wildman–Crippen LogP) is 1.42. The number of aliphatic hydroxyl groups is 1. The summed E-state index contributed by atoms with van der Waals surface area (Å²) in [4.78, 5) is 103. The number of rotatable bonds is 9. The zero-order valence-electron chi connectivity index (χ0n) is 31.0. The van der Waals surface area contributed by atoms with Crippen LogP contribution in [-0.4, -0.2) is 108 Å². The van der Waals surface area contributed by atoms with E-state index in [9.17, 15) is 43.5 Å². The normalized spacial score (nSPS) is 35.7. The fraction of sp³-hybridized carbons (Fsp3) is 0.714. The van der Waals surface area contributed by atoms with Crippen LogP contribution in [0.5, 0.6) is 0 Å². The van der Waals surface area contributed by atoms with Gasteiger partial charge in [-0.3, -0.25) is 33.6 Å². The van der Waals surface area contributed by atoms with Crippen LogP contribution >= 0.6 is 0 Å². The van der Waals surface area contributed by atoms with Gasteiger partial charge in [0.15, 0.2) is 11.7 Å². The van der Waals surface area contributed by atoms with E-state index in [1.54, 1.807) is 6.92 Å². The average molecular weight is 741 g/mol. The number of carbonyl (C=O) groups is 8. The minimum absolute atomic E-state index is 0.172. The fourth-order valence-corrected chi connectivity index (χ4v) is 7.84. The number of esters is 8. The van der Waals surface area contributed by atoms with Crippen LogP contribution in [0.1, 0.15) is 81.6 Å². The second-order valence-electron chi connectivity index (χ2n) is 13.8. The van der Waals surface area contributed by atoms with E-state index in [-0.39, 0.29) is 6.42 Å². The van der Waals surface area contributed by atoms with Crippen LogP contribution in [0.25, 0.3) is 0 Å². The van der Waals surface area contributed by atoms with Crippen molar-refractivity contribution >= 4 is 47.8 Å². The first-order valence-electron chi connectivity index (χ1n) is 16.9. The third kappa shape index (κ3) is 8.73. The van der Waals surface area contributed by atoms with Crippen molar-refractivity contribution in [2.24, 2.45) is 23.2 Å². The zero-order chi connectivity index (χ0) is 39.5. The van der Waals surface area contributed by atoms with Gasteiger partial charge in [0.05, 0.1) is 25.0 Å². The van der Waals surface area contributed by atoms with Crippen LogP contribution in [0.2, 0.25) is 0 Å². The van der Waals surface area contributed by atoms with Gasteiger partial charge in [0, 0.05) is 64.7 Å². The number of carbonyl (C=O) groups excluding carboxylic acids is 8. The van der Waals surface area contributed by atoms with E-state index in [4.69, 9.17) is 37.9 Å². The molecule has 1 saturated carbocycles. The van der Waals surface area contributed by atoms with E-state index in [0.717, 1.165) is 47.8 Å². The van der Waals surface area contributed by atoms with E-state index in [1.165, 1.54) is 20.8 Å². The highest BCUT2D eigenvalue weighted by atomic mass is 16.6. The number of methoxy groups -OCH3 is 1. The third-order valence-corrected chi connectivity index (χ3v) is 10.1. The minimum atomic E-state index is -2.50. The topological polar surface area (TPSA) is 231 Å². The van der Waals surface area contributed by atoms with Gasteiger partial charge in [0.2, 0.25) is 0 Å². The maximum atomic E-state index is 13.5. The molecule has 0 amide bonds. The predicted molar refractivity (Wildman–Crippen MR) is 172 cm³/mol. The summed E-state index contributed by atoms with van der Waals surface area (Å²) in [6.45, 7) is 11.5. The maximum Gasteiger partial charge on any atom is 0.337 e. The summed E-state index contributed by atoms with van der Waals surface area (Å²) in [5.74, 6) is -10.6. The lowest BCUT2D eigenvalue weighted by Gasteiger charge is -2.58. The maximum absolute atomic E-state index is 13.5. The smallest absolute Gasteiger partial charge is 0.337 e. The van der Waals surface area contributed by atoms with Crippen molar-refractivity contribution in [1.82, 2.24) is 0 Å². The highest BCUT2D eigenvalue weighted by molar-refractivity contribution is 5.90. The molecule has 1 heterocycles. The molecule has 1 N–H and O–H groups in total. The van der Waals surface area contributed by atoms with Crippen molar-refractivity contribution in [3.05, 3.63) is 11.6 Å². The number of hydrogen-bond acceptors (Lipinski definition) is 17. The summed E-state index contributed by atoms with van der Waals surface area (Å²) in [5, 5.41) is 12.8. The number of fused-ring (bicyclic) bond motifs is 2. The molecule has 1 unspecified atom stereocenters. The van der Waals surface area contributed by atoms with Crippen molar-refractivity contribution in [2.75, 3.05) is 7.11 Å². The van der Waals surface area contributed by atoms with Crippen LogP contribution in [0.4, 0.5) is 0 Å². The quantitative estimate of drug-likeness (QED) is 0.260. The Hall–Kier alpha value is -4.54. The van der Waals surface area contributed by atoms with Gasteiger partial charge in [-0.1, -0.05) is 13.8 Å². The van der Waals surface area contributed by atoms with Crippen LogP contribution < -0.4 is 0 Å². The van der Waals surface area contributed by atoms with Gasteiger partial charge >= 0.3 is 47.8 Å². The van der Waals surface area contributed by atoms with Gasteiger partial charge in [-0.15, -0.1) is 0 Å². The highest BCUT2D eigenvalue weighted by Crippen LogP contribution is 2.57. The molecular weight excluding hydrogens is 692 g/mol. The molecule has 0 bridgehead atoms. The Morgan fingerprint density at radius 3 is 1.88 bits per heavy atom. The molecule has 3 rings (SSSR count). The lowest BCUT2D eigenvalue weighted by atomic mass is 9.52. The molecule has 52 heavy (non-hydrogen) atoms. The summed E-state index contributed by atoms with van der Waals surface area (Å²) in [5.41, 5.74) is -4.68. The Balaban J connectivity index is 2.49. The molecule has 1 aliphatic heterocycles. The first-order valence-corrected chi connectivity index (χ1v) is 16.9. The van der Waals surface area contributed by atoms with E-state index >= 15 is 0 Å². The molecule has 12 atom stereocenters. The highest BCUT2D eigenvalue weighted by Gasteiger charge is 2.70. The molecule has 1 saturated heterocycles. The Labute approximate surface area is 300 Å². The van der Waals surface area contributed by atoms with Crippen molar-refractivity contribution in [2.45, 2.75) is 130 Å². The van der Waals surface area contributed by atoms with Crippen LogP contribution in [0.3, 0.4) is 0 Å². The van der Waals surface area contributed by atoms with Gasteiger partial charge in [-0.25, -0.2) is 4.79 Å². The van der Waals surface area contributed by atoms with E-state index < -0.39 is 138 Å². The van der Waals surface area contributed by atoms with Crippen LogP contribution in [-0.2, 0) is 76.3 Å². The molecule has 0 aromatic heterocycles. The number of ether oxygens (including phenoxy) is 8. The monoisotopic (exact) mass is 740 g/mol. The van der Waals surface area contributed by atoms with Crippen molar-refractivity contribution in [1.29, 1.82) is 0 Å². The van der Waals surface area contributed by atoms with E-state index in [2.05, 4.69) is 0 Å². The first-order chi connectivity index (χ1) is 24.1. The fourth-order valence-electron chi connectivity index (χ4n) is 7.84. The molecule has 290 valence electrons. The molecule has 3 aliphatic rings. The second-order valence-corrected chi connectivity index (χ2v) is 13.8. The van der Waals surface area contributed by atoms with Gasteiger partial charge in [-0.2, -0.15) is 0 Å². The second kappa shape index (κ2) is 16.4. The van der Waals surface area contributed by atoms with Gasteiger partial charge in [0.1, 0.15) is 36.6 Å². The van der Waals surface area contributed by atoms with Crippen LogP contribution in [0.15, 0.2) is 11.6 Å². The summed E-state index contributed by atoms with van der Waals surface area (Å²) >= 11 is 0. The molecule has 0 radical (unpaired) electrons. The van der Waals surface area contributed by atoms with Crippen molar-refractivity contribution < 1.29 is 81.4 Å². The molecule has 2 fully saturated rings. The van der Waals surface area contributed by atoms with Gasteiger partial charge in [-0.05, 0) is 19.9 Å². The molecule has 17 heteroatoms. The molecule has 0 aromatic carbocycles. The Morgan fingerprint density at radius 1 is 0.846 bits per heavy atom. The number of hydrogen-bond donors (Lipinski definition) is 1. The molecule has 17 nitrogen and oxygen atoms in total. The molecule has 0 aromatic rings. The molecule has 0 spiro atoms. The lowest BCUT2D eigenvalue weighted by molar-refractivity contribution is -0.254. The van der Waals surface area contributed by atoms with Gasteiger partial charge in [0.25, 0.3) is 0 Å². The Bertz CT molecular complexity index is 1480. The summed E-state index contributed by atoms with van der Waals surface area (Å²) < 4.78 is 44.8. The van der Waals surface area contributed by atoms with Crippen LogP contribution in [0, 0.1) is 23.2 Å². The standard InChI is InChI=1S/C35H48O17/c1-15(46-18(4)36)11-29(41)51-25-14-27(49-21(7)39)34(9)26(48-20(6)38)13-24(47-19(5)37)16(2)30(34)31(50-22(8)40)35(44)17(3)32(42)52-28(35)12-23(25)33(43)45-10/h12,15-17,24-28,30-31,44H,11,13-14H2,1-10H3/b23-12+/t15?,16-,17-,24+,25+,26-,27+,28-,30+,31+,34+,35-/m0/s1. The zero-order valence-corrected chi connectivity index (χ0v) is 31.0. The Kier molecular flexibility index (Phi) is 13.2. The molecular formula is C35H48O17. The van der Waals surface area contributed by atoms with Gasteiger partial charge < -0.3 is 43.0 Å². The van der Waals surface area contributed by atoms with E-state index in [0.29, 0.717) is 0 Å². The molecule has 2 aliphatic carbocycles. The largest absolute Gasteiger partial charge is 0.466 e.